The second-order valence-corrected chi connectivity index (χ2v) is 5.42. The van der Waals surface area contributed by atoms with Gasteiger partial charge < -0.3 is 10.6 Å². The molecular formula is C14H22ClFN2O. The minimum atomic E-state index is -0.288. The van der Waals surface area contributed by atoms with Crippen molar-refractivity contribution in [1.82, 2.24) is 4.90 Å². The largest absolute Gasteiger partial charge is 0.345 e. The molecule has 0 aliphatic heterocycles. The maximum Gasteiger partial charge on any atom is 0.226 e. The molecular weight excluding hydrogens is 267 g/mol. The summed E-state index contributed by atoms with van der Waals surface area (Å²) in [5.41, 5.74) is 6.37. The number of carbonyl (C=O) groups is 1. The zero-order valence-corrected chi connectivity index (χ0v) is 12.5. The predicted molar refractivity (Wildman–Crippen MR) is 77.8 cm³/mol. The Labute approximate surface area is 120 Å². The lowest BCUT2D eigenvalue weighted by atomic mass is 9.93. The van der Waals surface area contributed by atoms with Crippen molar-refractivity contribution in [2.24, 2.45) is 11.1 Å². The number of rotatable bonds is 5. The van der Waals surface area contributed by atoms with Gasteiger partial charge in [0.2, 0.25) is 5.91 Å². The van der Waals surface area contributed by atoms with Crippen LogP contribution >= 0.6 is 12.4 Å². The summed E-state index contributed by atoms with van der Waals surface area (Å²) >= 11 is 0. The highest BCUT2D eigenvalue weighted by Gasteiger charge is 2.21. The summed E-state index contributed by atoms with van der Waals surface area (Å²) in [5, 5.41) is 0. The molecule has 1 aromatic rings. The quantitative estimate of drug-likeness (QED) is 0.903. The van der Waals surface area contributed by atoms with Crippen LogP contribution in [0.3, 0.4) is 0 Å². The van der Waals surface area contributed by atoms with Crippen LogP contribution < -0.4 is 5.73 Å². The molecule has 1 rings (SSSR count). The molecule has 19 heavy (non-hydrogen) atoms. The molecule has 0 spiro atoms. The summed E-state index contributed by atoms with van der Waals surface area (Å²) in [6.45, 7) is 5.19. The molecule has 0 saturated heterocycles. The fourth-order valence-electron chi connectivity index (χ4n) is 1.71. The van der Waals surface area contributed by atoms with E-state index in [-0.39, 0.29) is 36.0 Å². The normalized spacial score (nSPS) is 10.8. The smallest absolute Gasteiger partial charge is 0.226 e. The lowest BCUT2D eigenvalue weighted by Crippen LogP contribution is -2.40. The highest BCUT2D eigenvalue weighted by molar-refractivity contribution is 5.85. The van der Waals surface area contributed by atoms with Crippen LogP contribution in [0.25, 0.3) is 0 Å². The zero-order chi connectivity index (χ0) is 13.8. The molecule has 2 N–H and O–H groups in total. The van der Waals surface area contributed by atoms with Crippen molar-refractivity contribution in [2.45, 2.75) is 20.3 Å². The average Bonchev–Trinajstić information content (AvgIpc) is 2.31. The average molecular weight is 289 g/mol. The molecule has 0 bridgehead atoms. The van der Waals surface area contributed by atoms with Crippen LogP contribution in [-0.2, 0) is 11.2 Å². The van der Waals surface area contributed by atoms with E-state index in [1.54, 1.807) is 24.1 Å². The Bertz CT molecular complexity index is 406. The van der Waals surface area contributed by atoms with E-state index in [4.69, 9.17) is 5.73 Å². The third-order valence-corrected chi connectivity index (χ3v) is 2.91. The molecule has 1 amide bonds. The second kappa shape index (κ2) is 7.46. The third-order valence-electron chi connectivity index (χ3n) is 2.91. The Kier molecular flexibility index (Phi) is 7.01. The topological polar surface area (TPSA) is 46.3 Å². The summed E-state index contributed by atoms with van der Waals surface area (Å²) in [4.78, 5) is 13.7. The SMILES string of the molecule is CN(CC(C)(C)CN)C(=O)Cc1ccc(F)cc1.Cl. The van der Waals surface area contributed by atoms with Crippen LogP contribution in [0.5, 0.6) is 0 Å². The fourth-order valence-corrected chi connectivity index (χ4v) is 1.71. The number of nitrogens with zero attached hydrogens (tertiary/aromatic N) is 1. The zero-order valence-electron chi connectivity index (χ0n) is 11.6. The molecule has 0 aliphatic rings. The van der Waals surface area contributed by atoms with Crippen molar-refractivity contribution >= 4 is 18.3 Å². The van der Waals surface area contributed by atoms with E-state index in [0.29, 0.717) is 13.1 Å². The van der Waals surface area contributed by atoms with Crippen molar-refractivity contribution in [3.63, 3.8) is 0 Å². The standard InChI is InChI=1S/C14H21FN2O.ClH/c1-14(2,9-16)10-17(3)13(18)8-11-4-6-12(15)7-5-11;/h4-7H,8-10,16H2,1-3H3;1H. The number of amides is 1. The van der Waals surface area contributed by atoms with Crippen molar-refractivity contribution in [3.05, 3.63) is 35.6 Å². The second-order valence-electron chi connectivity index (χ2n) is 5.42. The van der Waals surface area contributed by atoms with Crippen LogP contribution in [0, 0.1) is 11.2 Å². The van der Waals surface area contributed by atoms with Gasteiger partial charge in [0.05, 0.1) is 6.42 Å². The maximum atomic E-state index is 12.7. The van der Waals surface area contributed by atoms with Crippen molar-refractivity contribution in [2.75, 3.05) is 20.1 Å². The maximum absolute atomic E-state index is 12.7. The van der Waals surface area contributed by atoms with Gasteiger partial charge in [-0.3, -0.25) is 4.79 Å². The van der Waals surface area contributed by atoms with Gasteiger partial charge in [-0.1, -0.05) is 26.0 Å². The number of likely N-dealkylation sites (N-methyl/N-ethyl adjacent to an activating group) is 1. The van der Waals surface area contributed by atoms with Crippen LogP contribution in [0.15, 0.2) is 24.3 Å². The molecule has 0 fully saturated rings. The first-order valence-corrected chi connectivity index (χ1v) is 6.02. The molecule has 0 unspecified atom stereocenters. The monoisotopic (exact) mass is 288 g/mol. The highest BCUT2D eigenvalue weighted by atomic mass is 35.5. The number of nitrogens with two attached hydrogens (primary N) is 1. The third kappa shape index (κ3) is 6.03. The van der Waals surface area contributed by atoms with E-state index < -0.39 is 0 Å². The Morgan fingerprint density at radius 3 is 2.32 bits per heavy atom. The highest BCUT2D eigenvalue weighted by Crippen LogP contribution is 2.14. The van der Waals surface area contributed by atoms with Gasteiger partial charge in [0.15, 0.2) is 0 Å². The van der Waals surface area contributed by atoms with Gasteiger partial charge >= 0.3 is 0 Å². The van der Waals surface area contributed by atoms with E-state index in [9.17, 15) is 9.18 Å². The van der Waals surface area contributed by atoms with E-state index in [1.807, 2.05) is 13.8 Å². The van der Waals surface area contributed by atoms with E-state index >= 15 is 0 Å². The molecule has 0 saturated carbocycles. The van der Waals surface area contributed by atoms with E-state index in [2.05, 4.69) is 0 Å². The number of hydrogen-bond donors (Lipinski definition) is 1. The number of hydrogen-bond acceptors (Lipinski definition) is 2. The van der Waals surface area contributed by atoms with Crippen LogP contribution in [0.1, 0.15) is 19.4 Å². The van der Waals surface area contributed by atoms with Crippen molar-refractivity contribution in [3.8, 4) is 0 Å². The molecule has 0 atom stereocenters. The summed E-state index contributed by atoms with van der Waals surface area (Å²) in [6.07, 6.45) is 0.289. The molecule has 108 valence electrons. The number of halogens is 2. The first kappa shape index (κ1) is 17.9. The van der Waals surface area contributed by atoms with Gasteiger partial charge in [-0.25, -0.2) is 4.39 Å². The van der Waals surface area contributed by atoms with Gasteiger partial charge in [0.25, 0.3) is 0 Å². The van der Waals surface area contributed by atoms with Crippen LogP contribution in [0.2, 0.25) is 0 Å². The van der Waals surface area contributed by atoms with Crippen molar-refractivity contribution in [1.29, 1.82) is 0 Å². The summed E-state index contributed by atoms with van der Waals surface area (Å²) in [6, 6.07) is 6.00. The lowest BCUT2D eigenvalue weighted by molar-refractivity contribution is -0.130. The summed E-state index contributed by atoms with van der Waals surface area (Å²) in [7, 11) is 1.77. The summed E-state index contributed by atoms with van der Waals surface area (Å²) < 4.78 is 12.7. The fraction of sp³-hybridized carbons (Fsp3) is 0.500. The molecule has 5 heteroatoms. The van der Waals surface area contributed by atoms with Gasteiger partial charge in [-0.15, -0.1) is 12.4 Å². The predicted octanol–water partition coefficient (Wildman–Crippen LogP) is 2.23. The van der Waals surface area contributed by atoms with Crippen LogP contribution in [0.4, 0.5) is 4.39 Å². The Balaban J connectivity index is 0.00000324. The first-order valence-electron chi connectivity index (χ1n) is 6.02. The Hall–Kier alpha value is -1.13. The van der Waals surface area contributed by atoms with Gasteiger partial charge in [-0.05, 0) is 29.7 Å². The van der Waals surface area contributed by atoms with Crippen molar-refractivity contribution < 1.29 is 9.18 Å². The molecule has 3 nitrogen and oxygen atoms in total. The minimum Gasteiger partial charge on any atom is -0.345 e. The summed E-state index contributed by atoms with van der Waals surface area (Å²) in [5.74, 6) is -0.271. The minimum absolute atomic E-state index is 0. The Morgan fingerprint density at radius 1 is 1.32 bits per heavy atom. The van der Waals surface area contributed by atoms with E-state index in [0.717, 1.165) is 5.56 Å². The molecule has 0 heterocycles. The Morgan fingerprint density at radius 2 is 1.84 bits per heavy atom. The van der Waals surface area contributed by atoms with Gasteiger partial charge in [-0.2, -0.15) is 0 Å². The number of benzene rings is 1. The van der Waals surface area contributed by atoms with Gasteiger partial charge in [0.1, 0.15) is 5.82 Å². The van der Waals surface area contributed by atoms with Crippen LogP contribution in [-0.4, -0.2) is 30.9 Å². The van der Waals surface area contributed by atoms with E-state index in [1.165, 1.54) is 12.1 Å². The lowest BCUT2D eigenvalue weighted by Gasteiger charge is -2.29. The molecule has 0 aromatic heterocycles. The molecule has 1 aromatic carbocycles. The molecule has 0 radical (unpaired) electrons. The molecule has 0 aliphatic carbocycles. The first-order chi connectivity index (χ1) is 8.34. The van der Waals surface area contributed by atoms with Gasteiger partial charge in [0, 0.05) is 13.6 Å². The number of carbonyl (C=O) groups excluding carboxylic acids is 1.